The molecule has 0 atom stereocenters. The first-order valence-electron chi connectivity index (χ1n) is 6.13. The van der Waals surface area contributed by atoms with E-state index in [2.05, 4.69) is 40.0 Å². The van der Waals surface area contributed by atoms with Gasteiger partial charge in [-0.25, -0.2) is 0 Å². The van der Waals surface area contributed by atoms with Gasteiger partial charge in [-0.3, -0.25) is 0 Å². The fourth-order valence-electron chi connectivity index (χ4n) is 1.73. The number of rotatable bonds is 4. The monoisotopic (exact) mass is 368 g/mol. The Morgan fingerprint density at radius 3 is 2.37 bits per heavy atom. The Morgan fingerprint density at radius 1 is 1.05 bits per heavy atom. The maximum absolute atomic E-state index is 5.89. The van der Waals surface area contributed by atoms with Crippen LogP contribution in [0.2, 0.25) is 0 Å². The molecule has 0 aliphatic heterocycles. The Kier molecular flexibility index (Phi) is 4.52. The number of anilines is 3. The van der Waals surface area contributed by atoms with E-state index in [9.17, 15) is 0 Å². The van der Waals surface area contributed by atoms with Gasteiger partial charge in [0.2, 0.25) is 0 Å². The number of nitrogens with one attached hydrogen (secondary N) is 1. The van der Waals surface area contributed by atoms with E-state index in [1.165, 1.54) is 3.57 Å². The first-order chi connectivity index (χ1) is 9.02. The number of benzene rings is 2. The number of hydrogen-bond acceptors (Lipinski definition) is 3. The zero-order chi connectivity index (χ0) is 13.8. The van der Waals surface area contributed by atoms with Crippen molar-refractivity contribution in [1.29, 1.82) is 0 Å². The standard InChI is InChI=1S/C15H17IN2O/c1-10(2)19-15-8-12(17)7-14(9-15)18-13-5-3-11(16)4-6-13/h3-10,18H,17H2,1-2H3. The fraction of sp³-hybridized carbons (Fsp3) is 0.200. The van der Waals surface area contributed by atoms with E-state index in [-0.39, 0.29) is 6.10 Å². The van der Waals surface area contributed by atoms with Crippen LogP contribution in [0, 0.1) is 3.57 Å². The maximum Gasteiger partial charge on any atom is 0.123 e. The van der Waals surface area contributed by atoms with E-state index in [4.69, 9.17) is 10.5 Å². The van der Waals surface area contributed by atoms with Gasteiger partial charge in [-0.05, 0) is 66.8 Å². The summed E-state index contributed by atoms with van der Waals surface area (Å²) in [5.41, 5.74) is 8.53. The molecule has 100 valence electrons. The molecule has 3 nitrogen and oxygen atoms in total. The third-order valence-corrected chi connectivity index (χ3v) is 3.15. The molecular weight excluding hydrogens is 351 g/mol. The van der Waals surface area contributed by atoms with Crippen molar-refractivity contribution >= 4 is 39.7 Å². The summed E-state index contributed by atoms with van der Waals surface area (Å²) in [4.78, 5) is 0. The van der Waals surface area contributed by atoms with Crippen LogP contribution in [0.3, 0.4) is 0 Å². The maximum atomic E-state index is 5.89. The van der Waals surface area contributed by atoms with E-state index >= 15 is 0 Å². The average molecular weight is 368 g/mol. The van der Waals surface area contributed by atoms with E-state index in [0.717, 1.165) is 17.1 Å². The summed E-state index contributed by atoms with van der Waals surface area (Å²) in [6.07, 6.45) is 0.132. The van der Waals surface area contributed by atoms with Crippen molar-refractivity contribution in [1.82, 2.24) is 0 Å². The molecule has 0 heterocycles. The topological polar surface area (TPSA) is 47.3 Å². The molecule has 0 aromatic heterocycles. The van der Waals surface area contributed by atoms with Gasteiger partial charge >= 0.3 is 0 Å². The first-order valence-corrected chi connectivity index (χ1v) is 7.20. The van der Waals surface area contributed by atoms with Gasteiger partial charge in [-0.2, -0.15) is 0 Å². The largest absolute Gasteiger partial charge is 0.491 e. The SMILES string of the molecule is CC(C)Oc1cc(N)cc(Nc2ccc(I)cc2)c1. The quantitative estimate of drug-likeness (QED) is 0.621. The van der Waals surface area contributed by atoms with Crippen LogP contribution >= 0.6 is 22.6 Å². The lowest BCUT2D eigenvalue weighted by molar-refractivity contribution is 0.242. The van der Waals surface area contributed by atoms with Gasteiger partial charge in [0, 0.05) is 32.8 Å². The molecule has 0 aliphatic carbocycles. The third-order valence-electron chi connectivity index (χ3n) is 2.43. The van der Waals surface area contributed by atoms with Gasteiger partial charge in [-0.15, -0.1) is 0 Å². The van der Waals surface area contributed by atoms with Gasteiger partial charge in [0.05, 0.1) is 6.10 Å². The van der Waals surface area contributed by atoms with E-state index in [1.807, 2.05) is 44.2 Å². The molecule has 0 unspecified atom stereocenters. The summed E-state index contributed by atoms with van der Waals surface area (Å²) >= 11 is 2.28. The van der Waals surface area contributed by atoms with Gasteiger partial charge < -0.3 is 15.8 Å². The normalized spacial score (nSPS) is 10.5. The highest BCUT2D eigenvalue weighted by Crippen LogP contribution is 2.26. The Bertz CT molecular complexity index is 553. The molecule has 0 amide bonds. The summed E-state index contributed by atoms with van der Waals surface area (Å²) in [6, 6.07) is 13.9. The molecule has 3 N–H and O–H groups in total. The molecule has 0 radical (unpaired) electrons. The Morgan fingerprint density at radius 2 is 1.74 bits per heavy atom. The van der Waals surface area contributed by atoms with Crippen molar-refractivity contribution in [2.24, 2.45) is 0 Å². The first kappa shape index (κ1) is 14.0. The molecule has 19 heavy (non-hydrogen) atoms. The summed E-state index contributed by atoms with van der Waals surface area (Å²) in [7, 11) is 0. The van der Waals surface area contributed by atoms with E-state index in [1.54, 1.807) is 0 Å². The number of halogens is 1. The van der Waals surface area contributed by atoms with Crippen LogP contribution in [0.25, 0.3) is 0 Å². The van der Waals surface area contributed by atoms with Crippen molar-refractivity contribution in [2.45, 2.75) is 20.0 Å². The van der Waals surface area contributed by atoms with Crippen LogP contribution in [-0.2, 0) is 0 Å². The summed E-state index contributed by atoms with van der Waals surface area (Å²) in [5.74, 6) is 0.781. The minimum atomic E-state index is 0.132. The van der Waals surface area contributed by atoms with Crippen LogP contribution in [-0.4, -0.2) is 6.10 Å². The van der Waals surface area contributed by atoms with Crippen LogP contribution < -0.4 is 15.8 Å². The summed E-state index contributed by atoms with van der Waals surface area (Å²) < 4.78 is 6.88. The highest BCUT2D eigenvalue weighted by Gasteiger charge is 2.03. The van der Waals surface area contributed by atoms with E-state index < -0.39 is 0 Å². The van der Waals surface area contributed by atoms with Gasteiger partial charge in [0.1, 0.15) is 5.75 Å². The van der Waals surface area contributed by atoms with Crippen molar-refractivity contribution < 1.29 is 4.74 Å². The Hall–Kier alpha value is -1.43. The highest BCUT2D eigenvalue weighted by atomic mass is 127. The van der Waals surface area contributed by atoms with Gasteiger partial charge in [0.15, 0.2) is 0 Å². The number of hydrogen-bond donors (Lipinski definition) is 2. The molecule has 0 saturated carbocycles. The zero-order valence-electron chi connectivity index (χ0n) is 11.0. The second-order valence-electron chi connectivity index (χ2n) is 4.59. The lowest BCUT2D eigenvalue weighted by Crippen LogP contribution is -2.06. The summed E-state index contributed by atoms with van der Waals surface area (Å²) in [5, 5.41) is 3.32. The smallest absolute Gasteiger partial charge is 0.123 e. The molecule has 0 spiro atoms. The van der Waals surface area contributed by atoms with Crippen molar-refractivity contribution in [3.63, 3.8) is 0 Å². The third kappa shape index (κ3) is 4.31. The average Bonchev–Trinajstić information content (AvgIpc) is 2.30. The minimum absolute atomic E-state index is 0.132. The van der Waals surface area contributed by atoms with Crippen molar-refractivity contribution in [3.05, 3.63) is 46.0 Å². The molecule has 2 rings (SSSR count). The van der Waals surface area contributed by atoms with Crippen LogP contribution in [0.4, 0.5) is 17.1 Å². The van der Waals surface area contributed by atoms with E-state index in [0.29, 0.717) is 5.69 Å². The lowest BCUT2D eigenvalue weighted by atomic mass is 10.2. The van der Waals surface area contributed by atoms with Crippen LogP contribution in [0.15, 0.2) is 42.5 Å². The second-order valence-corrected chi connectivity index (χ2v) is 5.83. The van der Waals surface area contributed by atoms with Gasteiger partial charge in [0.25, 0.3) is 0 Å². The lowest BCUT2D eigenvalue weighted by Gasteiger charge is -2.13. The molecule has 0 aliphatic rings. The van der Waals surface area contributed by atoms with Crippen LogP contribution in [0.1, 0.15) is 13.8 Å². The molecule has 2 aromatic rings. The molecular formula is C15H17IN2O. The second kappa shape index (κ2) is 6.14. The Balaban J connectivity index is 2.19. The van der Waals surface area contributed by atoms with Crippen molar-refractivity contribution in [2.75, 3.05) is 11.1 Å². The molecule has 0 bridgehead atoms. The van der Waals surface area contributed by atoms with Crippen molar-refractivity contribution in [3.8, 4) is 5.75 Å². The molecule has 0 fully saturated rings. The molecule has 0 saturated heterocycles. The highest BCUT2D eigenvalue weighted by molar-refractivity contribution is 14.1. The minimum Gasteiger partial charge on any atom is -0.491 e. The summed E-state index contributed by atoms with van der Waals surface area (Å²) in [6.45, 7) is 3.99. The predicted octanol–water partition coefficient (Wildman–Crippen LogP) is 4.40. The Labute approximate surface area is 127 Å². The molecule has 2 aromatic carbocycles. The zero-order valence-corrected chi connectivity index (χ0v) is 13.1. The number of ether oxygens (including phenoxy) is 1. The fourth-order valence-corrected chi connectivity index (χ4v) is 2.09. The molecule has 4 heteroatoms. The number of nitrogen functional groups attached to an aromatic ring is 1. The predicted molar refractivity (Wildman–Crippen MR) is 89.1 cm³/mol. The van der Waals surface area contributed by atoms with Crippen LogP contribution in [0.5, 0.6) is 5.75 Å². The number of nitrogens with two attached hydrogens (primary N) is 1. The van der Waals surface area contributed by atoms with Gasteiger partial charge in [-0.1, -0.05) is 0 Å².